The fourth-order valence-electron chi connectivity index (χ4n) is 1.33. The molecule has 1 aromatic carbocycles. The van der Waals surface area contributed by atoms with Crippen molar-refractivity contribution in [2.45, 2.75) is 26.8 Å². The third kappa shape index (κ3) is 3.23. The summed E-state index contributed by atoms with van der Waals surface area (Å²) in [5.41, 5.74) is -0.621. The molecule has 0 aliphatic rings. The number of aliphatic carboxylic acids is 1. The average molecular weight is 270 g/mol. The first-order valence-electron chi connectivity index (χ1n) is 5.55. The summed E-state index contributed by atoms with van der Waals surface area (Å²) in [6.07, 6.45) is 0. The topological polar surface area (TPSA) is 66.4 Å². The fraction of sp³-hybridized carbons (Fsp3) is 0.385. The first-order chi connectivity index (χ1) is 8.25. The number of hydrogen-bond acceptors (Lipinski definition) is 2. The molecule has 0 saturated carbocycles. The lowest BCUT2D eigenvalue weighted by Gasteiger charge is -2.22. The number of nitrogens with one attached hydrogen (secondary N) is 1. The maximum Gasteiger partial charge on any atom is 0.318 e. The van der Waals surface area contributed by atoms with E-state index in [9.17, 15) is 9.59 Å². The van der Waals surface area contributed by atoms with Gasteiger partial charge in [0.1, 0.15) is 5.41 Å². The summed E-state index contributed by atoms with van der Waals surface area (Å²) in [5.74, 6) is -1.68. The van der Waals surface area contributed by atoms with Crippen LogP contribution >= 0.6 is 11.6 Å². The smallest absolute Gasteiger partial charge is 0.318 e. The number of carboxylic acid groups (broad SMARTS) is 1. The van der Waals surface area contributed by atoms with Crippen molar-refractivity contribution in [1.29, 1.82) is 0 Å². The molecule has 1 unspecified atom stereocenters. The normalized spacial score (nSPS) is 12.9. The molecule has 0 aliphatic carbocycles. The molecule has 2 N–H and O–H groups in total. The van der Waals surface area contributed by atoms with E-state index in [0.29, 0.717) is 5.02 Å². The zero-order valence-corrected chi connectivity index (χ0v) is 11.3. The number of carboxylic acids is 1. The molecule has 0 spiro atoms. The van der Waals surface area contributed by atoms with Crippen LogP contribution in [0.15, 0.2) is 24.3 Å². The Balaban J connectivity index is 2.80. The third-order valence-electron chi connectivity index (χ3n) is 2.80. The largest absolute Gasteiger partial charge is 0.480 e. The zero-order valence-electron chi connectivity index (χ0n) is 10.5. The summed E-state index contributed by atoms with van der Waals surface area (Å²) in [6, 6.07) is 6.78. The van der Waals surface area contributed by atoms with Crippen molar-refractivity contribution in [2.24, 2.45) is 5.41 Å². The maximum atomic E-state index is 11.8. The monoisotopic (exact) mass is 269 g/mol. The van der Waals surface area contributed by atoms with Crippen LogP contribution < -0.4 is 5.32 Å². The Hall–Kier alpha value is -1.55. The van der Waals surface area contributed by atoms with Crippen molar-refractivity contribution in [2.75, 3.05) is 0 Å². The molecule has 1 rings (SSSR count). The second-order valence-electron chi connectivity index (χ2n) is 4.68. The molecule has 0 aliphatic heterocycles. The quantitative estimate of drug-likeness (QED) is 0.826. The van der Waals surface area contributed by atoms with Gasteiger partial charge >= 0.3 is 5.97 Å². The summed E-state index contributed by atoms with van der Waals surface area (Å²) in [5, 5.41) is 12.2. The van der Waals surface area contributed by atoms with E-state index in [1.165, 1.54) is 13.8 Å². The fourth-order valence-corrected chi connectivity index (χ4v) is 1.53. The molecular formula is C13H16ClNO3. The van der Waals surface area contributed by atoms with Crippen molar-refractivity contribution in [1.82, 2.24) is 5.32 Å². The van der Waals surface area contributed by atoms with Gasteiger partial charge in [0.05, 0.1) is 6.04 Å². The Labute approximate surface area is 111 Å². The van der Waals surface area contributed by atoms with E-state index in [-0.39, 0.29) is 6.04 Å². The number of rotatable bonds is 4. The Morgan fingerprint density at radius 3 is 2.50 bits per heavy atom. The van der Waals surface area contributed by atoms with Gasteiger partial charge in [-0.05, 0) is 38.5 Å². The molecule has 5 heteroatoms. The van der Waals surface area contributed by atoms with Gasteiger partial charge in [0.2, 0.25) is 5.91 Å². The van der Waals surface area contributed by atoms with Crippen LogP contribution in [0.3, 0.4) is 0 Å². The molecule has 1 atom stereocenters. The SMILES string of the molecule is CC(NC(=O)C(C)(C)C(=O)O)c1cccc(Cl)c1. The van der Waals surface area contributed by atoms with Gasteiger partial charge in [0, 0.05) is 5.02 Å². The molecule has 18 heavy (non-hydrogen) atoms. The second kappa shape index (κ2) is 5.40. The van der Waals surface area contributed by atoms with Crippen LogP contribution in [-0.2, 0) is 9.59 Å². The Morgan fingerprint density at radius 1 is 1.39 bits per heavy atom. The highest BCUT2D eigenvalue weighted by molar-refractivity contribution is 6.30. The van der Waals surface area contributed by atoms with E-state index in [1.807, 2.05) is 6.07 Å². The van der Waals surface area contributed by atoms with Crippen LogP contribution in [0.5, 0.6) is 0 Å². The molecular weight excluding hydrogens is 254 g/mol. The van der Waals surface area contributed by atoms with Crippen LogP contribution in [0.25, 0.3) is 0 Å². The van der Waals surface area contributed by atoms with Gasteiger partial charge in [-0.2, -0.15) is 0 Å². The van der Waals surface area contributed by atoms with Gasteiger partial charge in [-0.1, -0.05) is 23.7 Å². The first kappa shape index (κ1) is 14.5. The third-order valence-corrected chi connectivity index (χ3v) is 3.03. The van der Waals surface area contributed by atoms with Gasteiger partial charge in [-0.25, -0.2) is 0 Å². The van der Waals surface area contributed by atoms with E-state index in [0.717, 1.165) is 5.56 Å². The minimum Gasteiger partial charge on any atom is -0.480 e. The molecule has 0 aromatic heterocycles. The lowest BCUT2D eigenvalue weighted by molar-refractivity contribution is -0.153. The number of halogens is 1. The number of benzene rings is 1. The molecule has 0 saturated heterocycles. The molecule has 0 fully saturated rings. The maximum absolute atomic E-state index is 11.8. The van der Waals surface area contributed by atoms with Crippen molar-refractivity contribution in [3.8, 4) is 0 Å². The summed E-state index contributed by atoms with van der Waals surface area (Å²) in [7, 11) is 0. The second-order valence-corrected chi connectivity index (χ2v) is 5.12. The van der Waals surface area contributed by atoms with Gasteiger partial charge in [-0.15, -0.1) is 0 Å². The molecule has 4 nitrogen and oxygen atoms in total. The van der Waals surface area contributed by atoms with E-state index in [2.05, 4.69) is 5.32 Å². The van der Waals surface area contributed by atoms with Gasteiger partial charge in [0.25, 0.3) is 0 Å². The molecule has 1 amide bonds. The van der Waals surface area contributed by atoms with Gasteiger partial charge in [-0.3, -0.25) is 9.59 Å². The highest BCUT2D eigenvalue weighted by Gasteiger charge is 2.36. The highest BCUT2D eigenvalue weighted by atomic mass is 35.5. The van der Waals surface area contributed by atoms with Crippen molar-refractivity contribution in [3.05, 3.63) is 34.9 Å². The van der Waals surface area contributed by atoms with E-state index in [1.54, 1.807) is 25.1 Å². The van der Waals surface area contributed by atoms with Crippen molar-refractivity contribution >= 4 is 23.5 Å². The van der Waals surface area contributed by atoms with E-state index < -0.39 is 17.3 Å². The lowest BCUT2D eigenvalue weighted by atomic mass is 9.92. The van der Waals surface area contributed by atoms with Crippen LogP contribution in [-0.4, -0.2) is 17.0 Å². The minimum absolute atomic E-state index is 0.296. The Bertz CT molecular complexity index is 471. The molecule has 0 heterocycles. The predicted octanol–water partition coefficient (Wildman–Crippen LogP) is 2.63. The molecule has 0 radical (unpaired) electrons. The number of carbonyl (C=O) groups is 2. The Kier molecular flexibility index (Phi) is 4.35. The Morgan fingerprint density at radius 2 is 2.00 bits per heavy atom. The van der Waals surface area contributed by atoms with Gasteiger partial charge < -0.3 is 10.4 Å². The predicted molar refractivity (Wildman–Crippen MR) is 69.4 cm³/mol. The number of carbonyl (C=O) groups excluding carboxylic acids is 1. The van der Waals surface area contributed by atoms with Gasteiger partial charge in [0.15, 0.2) is 0 Å². The van der Waals surface area contributed by atoms with Crippen LogP contribution in [0.1, 0.15) is 32.4 Å². The summed E-state index contributed by atoms with van der Waals surface area (Å²) >= 11 is 5.86. The highest BCUT2D eigenvalue weighted by Crippen LogP contribution is 2.21. The summed E-state index contributed by atoms with van der Waals surface area (Å²) < 4.78 is 0. The van der Waals surface area contributed by atoms with Crippen LogP contribution in [0.2, 0.25) is 5.02 Å². The standard InChI is InChI=1S/C13H16ClNO3/c1-8(9-5-4-6-10(14)7-9)15-11(16)13(2,3)12(17)18/h4-8H,1-3H3,(H,15,16)(H,17,18). The van der Waals surface area contributed by atoms with Crippen LogP contribution in [0, 0.1) is 5.41 Å². The summed E-state index contributed by atoms with van der Waals surface area (Å²) in [4.78, 5) is 22.8. The zero-order chi connectivity index (χ0) is 13.9. The molecule has 1 aromatic rings. The average Bonchev–Trinajstić information content (AvgIpc) is 2.28. The van der Waals surface area contributed by atoms with E-state index in [4.69, 9.17) is 16.7 Å². The molecule has 98 valence electrons. The van der Waals surface area contributed by atoms with Crippen molar-refractivity contribution < 1.29 is 14.7 Å². The lowest BCUT2D eigenvalue weighted by Crippen LogP contribution is -2.43. The molecule has 0 bridgehead atoms. The van der Waals surface area contributed by atoms with E-state index >= 15 is 0 Å². The number of amides is 1. The number of hydrogen-bond donors (Lipinski definition) is 2. The summed E-state index contributed by atoms with van der Waals surface area (Å²) in [6.45, 7) is 4.52. The minimum atomic E-state index is -1.45. The van der Waals surface area contributed by atoms with Crippen LogP contribution in [0.4, 0.5) is 0 Å². The van der Waals surface area contributed by atoms with Crippen molar-refractivity contribution in [3.63, 3.8) is 0 Å². The first-order valence-corrected chi connectivity index (χ1v) is 5.92.